The van der Waals surface area contributed by atoms with Crippen LogP contribution in [0.15, 0.2) is 30.6 Å². The van der Waals surface area contributed by atoms with E-state index in [0.717, 1.165) is 5.56 Å². The number of nitrogens with two attached hydrogens (primary N) is 1. The maximum Gasteiger partial charge on any atom is 0.325 e. The van der Waals surface area contributed by atoms with E-state index in [1.54, 1.807) is 18.2 Å². The lowest BCUT2D eigenvalue weighted by Crippen LogP contribution is -2.08. The van der Waals surface area contributed by atoms with E-state index >= 15 is 0 Å². The second kappa shape index (κ2) is 4.01. The maximum absolute atomic E-state index is 10.5. The summed E-state index contributed by atoms with van der Waals surface area (Å²) in [5.41, 5.74) is 7.01. The van der Waals surface area contributed by atoms with E-state index in [9.17, 15) is 4.79 Å². The molecule has 1 aromatic carbocycles. The smallest absolute Gasteiger partial charge is 0.325 e. The van der Waals surface area contributed by atoms with Crippen molar-refractivity contribution in [3.05, 3.63) is 30.6 Å². The summed E-state index contributed by atoms with van der Waals surface area (Å²) in [7, 11) is 0. The van der Waals surface area contributed by atoms with Gasteiger partial charge in [0.1, 0.15) is 12.9 Å². The zero-order valence-electron chi connectivity index (χ0n) is 8.37. The van der Waals surface area contributed by atoms with E-state index in [4.69, 9.17) is 10.8 Å². The monoisotopic (exact) mass is 218 g/mol. The molecule has 0 radical (unpaired) electrons. The van der Waals surface area contributed by atoms with Gasteiger partial charge < -0.3 is 10.8 Å². The van der Waals surface area contributed by atoms with Gasteiger partial charge in [-0.05, 0) is 12.1 Å². The van der Waals surface area contributed by atoms with Gasteiger partial charge in [0, 0.05) is 11.3 Å². The van der Waals surface area contributed by atoms with Crippen LogP contribution in [-0.4, -0.2) is 25.8 Å². The maximum atomic E-state index is 10.5. The number of nitrogen functional groups attached to an aromatic ring is 1. The molecule has 0 atom stereocenters. The van der Waals surface area contributed by atoms with Crippen molar-refractivity contribution >= 4 is 11.7 Å². The molecule has 6 nitrogen and oxygen atoms in total. The molecule has 1 heterocycles. The van der Waals surface area contributed by atoms with Gasteiger partial charge in [-0.25, -0.2) is 9.67 Å². The molecule has 0 bridgehead atoms. The quantitative estimate of drug-likeness (QED) is 0.736. The van der Waals surface area contributed by atoms with Crippen molar-refractivity contribution in [2.75, 3.05) is 5.73 Å². The molecule has 2 rings (SSSR count). The number of carbonyl (C=O) groups is 1. The Bertz CT molecular complexity index is 521. The number of hydrogen-bond donors (Lipinski definition) is 2. The molecule has 2 aromatic rings. The molecule has 0 fully saturated rings. The first-order valence-electron chi connectivity index (χ1n) is 4.62. The third-order valence-corrected chi connectivity index (χ3v) is 1.98. The molecule has 0 unspecified atom stereocenters. The lowest BCUT2D eigenvalue weighted by molar-refractivity contribution is -0.137. The van der Waals surface area contributed by atoms with Crippen LogP contribution in [0, 0.1) is 0 Å². The van der Waals surface area contributed by atoms with Crippen LogP contribution in [0.2, 0.25) is 0 Å². The Morgan fingerprint density at radius 2 is 2.31 bits per heavy atom. The summed E-state index contributed by atoms with van der Waals surface area (Å²) in [6.07, 6.45) is 1.38. The average molecular weight is 218 g/mol. The Kier molecular flexibility index (Phi) is 2.55. The lowest BCUT2D eigenvalue weighted by atomic mass is 10.2. The molecular formula is C10H10N4O2. The summed E-state index contributed by atoms with van der Waals surface area (Å²) in [4.78, 5) is 14.5. The van der Waals surface area contributed by atoms with Crippen LogP contribution in [0.5, 0.6) is 0 Å². The van der Waals surface area contributed by atoms with Crippen molar-refractivity contribution in [3.63, 3.8) is 0 Å². The molecule has 82 valence electrons. The van der Waals surface area contributed by atoms with E-state index in [2.05, 4.69) is 10.1 Å². The number of anilines is 1. The highest BCUT2D eigenvalue weighted by Gasteiger charge is 2.06. The molecule has 0 amide bonds. The van der Waals surface area contributed by atoms with Crippen LogP contribution in [0.1, 0.15) is 0 Å². The van der Waals surface area contributed by atoms with Crippen molar-refractivity contribution in [3.8, 4) is 11.4 Å². The minimum atomic E-state index is -0.955. The Labute approximate surface area is 91.3 Å². The van der Waals surface area contributed by atoms with Gasteiger partial charge >= 0.3 is 5.97 Å². The molecule has 0 spiro atoms. The molecule has 0 aliphatic rings. The molecule has 6 heteroatoms. The predicted molar refractivity (Wildman–Crippen MR) is 57.5 cm³/mol. The number of carboxylic acid groups (broad SMARTS) is 1. The van der Waals surface area contributed by atoms with Gasteiger partial charge in [-0.3, -0.25) is 4.79 Å². The summed E-state index contributed by atoms with van der Waals surface area (Å²) in [6, 6.07) is 7.11. The zero-order chi connectivity index (χ0) is 11.5. The minimum Gasteiger partial charge on any atom is -0.480 e. The normalized spacial score (nSPS) is 10.2. The van der Waals surface area contributed by atoms with Crippen LogP contribution in [0.3, 0.4) is 0 Å². The fourth-order valence-corrected chi connectivity index (χ4v) is 1.32. The second-order valence-corrected chi connectivity index (χ2v) is 3.28. The largest absolute Gasteiger partial charge is 0.480 e. The number of carboxylic acids is 1. The first-order chi connectivity index (χ1) is 7.65. The molecule has 3 N–H and O–H groups in total. The fourth-order valence-electron chi connectivity index (χ4n) is 1.32. The van der Waals surface area contributed by atoms with E-state index in [0.29, 0.717) is 11.5 Å². The van der Waals surface area contributed by atoms with Crippen molar-refractivity contribution in [2.24, 2.45) is 0 Å². The minimum absolute atomic E-state index is 0.199. The number of aromatic nitrogens is 3. The van der Waals surface area contributed by atoms with Crippen molar-refractivity contribution < 1.29 is 9.90 Å². The number of rotatable bonds is 3. The van der Waals surface area contributed by atoms with Gasteiger partial charge in [0.05, 0.1) is 0 Å². The highest BCUT2D eigenvalue weighted by molar-refractivity contribution is 5.66. The Morgan fingerprint density at radius 1 is 1.50 bits per heavy atom. The van der Waals surface area contributed by atoms with Crippen LogP contribution < -0.4 is 5.73 Å². The first kappa shape index (κ1) is 10.2. The number of hydrogen-bond acceptors (Lipinski definition) is 4. The Morgan fingerprint density at radius 3 is 3.00 bits per heavy atom. The van der Waals surface area contributed by atoms with Crippen LogP contribution in [-0.2, 0) is 11.3 Å². The van der Waals surface area contributed by atoms with Crippen LogP contribution in [0.4, 0.5) is 5.69 Å². The summed E-state index contributed by atoms with van der Waals surface area (Å²) in [5.74, 6) is -0.488. The number of nitrogens with zero attached hydrogens (tertiary/aromatic N) is 3. The van der Waals surface area contributed by atoms with E-state index < -0.39 is 5.97 Å². The predicted octanol–water partition coefficient (Wildman–Crippen LogP) is 0.612. The molecule has 1 aromatic heterocycles. The summed E-state index contributed by atoms with van der Waals surface area (Å²) >= 11 is 0. The Balaban J connectivity index is 2.28. The second-order valence-electron chi connectivity index (χ2n) is 3.28. The van der Waals surface area contributed by atoms with Gasteiger partial charge in [0.2, 0.25) is 0 Å². The lowest BCUT2D eigenvalue weighted by Gasteiger charge is -1.97. The van der Waals surface area contributed by atoms with Crippen molar-refractivity contribution in [1.29, 1.82) is 0 Å². The molecular weight excluding hydrogens is 208 g/mol. The summed E-state index contributed by atoms with van der Waals surface area (Å²) in [5, 5.41) is 12.6. The topological polar surface area (TPSA) is 94.0 Å². The first-order valence-corrected chi connectivity index (χ1v) is 4.62. The number of benzene rings is 1. The van der Waals surface area contributed by atoms with Crippen molar-refractivity contribution in [2.45, 2.75) is 6.54 Å². The highest BCUT2D eigenvalue weighted by atomic mass is 16.4. The molecule has 16 heavy (non-hydrogen) atoms. The van der Waals surface area contributed by atoms with E-state index in [1.165, 1.54) is 11.0 Å². The Hall–Kier alpha value is -2.37. The molecule has 0 saturated heterocycles. The van der Waals surface area contributed by atoms with Crippen molar-refractivity contribution in [1.82, 2.24) is 14.8 Å². The number of aliphatic carboxylic acids is 1. The van der Waals surface area contributed by atoms with Crippen LogP contribution in [0.25, 0.3) is 11.4 Å². The van der Waals surface area contributed by atoms with Gasteiger partial charge in [-0.2, -0.15) is 5.10 Å². The van der Waals surface area contributed by atoms with Gasteiger partial charge in [0.25, 0.3) is 0 Å². The standard InChI is InChI=1S/C10H10N4O2/c11-8-3-1-2-7(4-8)10-12-6-14(13-10)5-9(15)16/h1-4,6H,5,11H2,(H,15,16). The highest BCUT2D eigenvalue weighted by Crippen LogP contribution is 2.16. The van der Waals surface area contributed by atoms with Crippen LogP contribution >= 0.6 is 0 Å². The van der Waals surface area contributed by atoms with E-state index in [-0.39, 0.29) is 6.54 Å². The average Bonchev–Trinajstić information content (AvgIpc) is 2.65. The molecule has 0 aliphatic heterocycles. The zero-order valence-corrected chi connectivity index (χ0v) is 8.37. The van der Waals surface area contributed by atoms with E-state index in [1.807, 2.05) is 6.07 Å². The molecule has 0 saturated carbocycles. The third kappa shape index (κ3) is 2.17. The summed E-state index contributed by atoms with van der Waals surface area (Å²) in [6.45, 7) is -0.199. The fraction of sp³-hybridized carbons (Fsp3) is 0.100. The van der Waals surface area contributed by atoms with Gasteiger partial charge in [0.15, 0.2) is 5.82 Å². The SMILES string of the molecule is Nc1cccc(-c2ncn(CC(=O)O)n2)c1. The van der Waals surface area contributed by atoms with Gasteiger partial charge in [-0.1, -0.05) is 12.1 Å². The molecule has 0 aliphatic carbocycles. The van der Waals surface area contributed by atoms with Gasteiger partial charge in [-0.15, -0.1) is 0 Å². The third-order valence-electron chi connectivity index (χ3n) is 1.98. The summed E-state index contributed by atoms with van der Waals surface area (Å²) < 4.78 is 1.26.